The molecule has 1 aliphatic rings. The molecule has 0 radical (unpaired) electrons. The highest BCUT2D eigenvalue weighted by atomic mass is 35.5. The van der Waals surface area contributed by atoms with Crippen molar-refractivity contribution in [2.75, 3.05) is 0 Å². The van der Waals surface area contributed by atoms with E-state index in [9.17, 15) is 9.50 Å². The Morgan fingerprint density at radius 1 is 1.16 bits per heavy atom. The Labute approximate surface area is 116 Å². The summed E-state index contributed by atoms with van der Waals surface area (Å²) in [6.45, 7) is 0. The summed E-state index contributed by atoms with van der Waals surface area (Å²) < 4.78 is 13.7. The van der Waals surface area contributed by atoms with Crippen molar-refractivity contribution in [1.29, 1.82) is 0 Å². The van der Waals surface area contributed by atoms with Gasteiger partial charge < -0.3 is 5.11 Å². The third kappa shape index (κ3) is 2.51. The monoisotopic (exact) mass is 276 g/mol. The van der Waals surface area contributed by atoms with Crippen LogP contribution in [0.25, 0.3) is 0 Å². The highest BCUT2D eigenvalue weighted by molar-refractivity contribution is 6.30. The molecule has 0 aromatic heterocycles. The van der Waals surface area contributed by atoms with Gasteiger partial charge in [0.25, 0.3) is 0 Å². The summed E-state index contributed by atoms with van der Waals surface area (Å²) in [7, 11) is 0. The van der Waals surface area contributed by atoms with Crippen LogP contribution in [0.2, 0.25) is 5.02 Å². The first-order chi connectivity index (χ1) is 9.16. The first-order valence-corrected chi connectivity index (χ1v) is 6.72. The van der Waals surface area contributed by atoms with E-state index < -0.39 is 11.9 Å². The van der Waals surface area contributed by atoms with Gasteiger partial charge in [-0.05, 0) is 42.0 Å². The molecule has 0 spiro atoms. The van der Waals surface area contributed by atoms with Gasteiger partial charge in [0.1, 0.15) is 5.82 Å². The Balaban J connectivity index is 1.80. The Kier molecular flexibility index (Phi) is 3.29. The number of benzene rings is 2. The van der Waals surface area contributed by atoms with Gasteiger partial charge in [0.05, 0.1) is 6.10 Å². The minimum atomic E-state index is -0.788. The van der Waals surface area contributed by atoms with Crippen molar-refractivity contribution in [1.82, 2.24) is 0 Å². The van der Waals surface area contributed by atoms with Gasteiger partial charge in [-0.2, -0.15) is 0 Å². The van der Waals surface area contributed by atoms with Crippen LogP contribution in [0.1, 0.15) is 29.6 Å². The van der Waals surface area contributed by atoms with Crippen LogP contribution < -0.4 is 0 Å². The Hall–Kier alpha value is -1.38. The first kappa shape index (κ1) is 12.6. The van der Waals surface area contributed by atoms with Gasteiger partial charge in [-0.25, -0.2) is 4.39 Å². The number of halogens is 2. The quantitative estimate of drug-likeness (QED) is 0.885. The molecule has 0 bridgehead atoms. The summed E-state index contributed by atoms with van der Waals surface area (Å²) in [5, 5.41) is 10.7. The van der Waals surface area contributed by atoms with Crippen LogP contribution in [0.15, 0.2) is 48.5 Å². The highest BCUT2D eigenvalue weighted by Crippen LogP contribution is 2.54. The van der Waals surface area contributed by atoms with Gasteiger partial charge in [-0.15, -0.1) is 0 Å². The summed E-state index contributed by atoms with van der Waals surface area (Å²) in [6, 6.07) is 14.3. The zero-order valence-corrected chi connectivity index (χ0v) is 11.0. The van der Waals surface area contributed by atoms with Crippen LogP contribution in [0.5, 0.6) is 0 Å². The fourth-order valence-corrected chi connectivity index (χ4v) is 2.80. The third-order valence-corrected chi connectivity index (χ3v) is 3.98. The number of rotatable bonds is 3. The summed E-state index contributed by atoms with van der Waals surface area (Å²) in [4.78, 5) is 0. The van der Waals surface area contributed by atoms with Crippen LogP contribution in [-0.4, -0.2) is 5.11 Å². The van der Waals surface area contributed by atoms with Crippen LogP contribution in [0, 0.1) is 11.7 Å². The molecule has 19 heavy (non-hydrogen) atoms. The lowest BCUT2D eigenvalue weighted by atomic mass is 10.0. The summed E-state index contributed by atoms with van der Waals surface area (Å²) in [5.41, 5.74) is 1.50. The maximum absolute atomic E-state index is 13.7. The molecule has 0 aliphatic heterocycles. The van der Waals surface area contributed by atoms with Gasteiger partial charge in [-0.3, -0.25) is 0 Å². The van der Waals surface area contributed by atoms with Crippen LogP contribution in [-0.2, 0) is 0 Å². The van der Waals surface area contributed by atoms with Crippen molar-refractivity contribution in [3.63, 3.8) is 0 Å². The largest absolute Gasteiger partial charge is 0.388 e. The molecule has 3 rings (SSSR count). The molecule has 2 aromatic carbocycles. The lowest BCUT2D eigenvalue weighted by Gasteiger charge is -2.12. The second-order valence-electron chi connectivity index (χ2n) is 5.03. The predicted molar refractivity (Wildman–Crippen MR) is 73.7 cm³/mol. The van der Waals surface area contributed by atoms with E-state index in [-0.39, 0.29) is 5.92 Å². The SMILES string of the molecule is OC(c1cc(Cl)ccc1F)C1CC1c1ccccc1. The number of aliphatic hydroxyl groups is 1. The maximum Gasteiger partial charge on any atom is 0.129 e. The molecule has 3 unspecified atom stereocenters. The highest BCUT2D eigenvalue weighted by Gasteiger charge is 2.44. The van der Waals surface area contributed by atoms with Crippen molar-refractivity contribution < 1.29 is 9.50 Å². The Bertz CT molecular complexity index is 585. The second-order valence-corrected chi connectivity index (χ2v) is 5.46. The Morgan fingerprint density at radius 3 is 2.63 bits per heavy atom. The first-order valence-electron chi connectivity index (χ1n) is 6.35. The zero-order valence-electron chi connectivity index (χ0n) is 10.3. The van der Waals surface area contributed by atoms with Crippen molar-refractivity contribution in [2.45, 2.75) is 18.4 Å². The minimum absolute atomic E-state index is 0.0790. The van der Waals surface area contributed by atoms with E-state index >= 15 is 0 Å². The fraction of sp³-hybridized carbons (Fsp3) is 0.250. The van der Waals surface area contributed by atoms with Gasteiger partial charge in [0.2, 0.25) is 0 Å². The summed E-state index contributed by atoms with van der Waals surface area (Å²) in [5.74, 6) is 0.000518. The average molecular weight is 277 g/mol. The zero-order chi connectivity index (χ0) is 13.4. The maximum atomic E-state index is 13.7. The lowest BCUT2D eigenvalue weighted by molar-refractivity contribution is 0.147. The van der Waals surface area contributed by atoms with Gasteiger partial charge in [0.15, 0.2) is 0 Å². The standard InChI is InChI=1S/C16H14ClFO/c17-11-6-7-15(18)14(8-11)16(19)13-9-12(13)10-4-2-1-3-5-10/h1-8,12-13,16,19H,9H2. The van der Waals surface area contributed by atoms with Crippen LogP contribution in [0.3, 0.4) is 0 Å². The molecule has 3 atom stereocenters. The van der Waals surface area contributed by atoms with E-state index in [4.69, 9.17) is 11.6 Å². The molecule has 0 amide bonds. The molecule has 1 N–H and O–H groups in total. The molecule has 0 saturated heterocycles. The molecule has 1 saturated carbocycles. The molecule has 1 fully saturated rings. The van der Waals surface area contributed by atoms with E-state index in [0.29, 0.717) is 16.5 Å². The summed E-state index contributed by atoms with van der Waals surface area (Å²) in [6.07, 6.45) is 0.0980. The van der Waals surface area contributed by atoms with Crippen LogP contribution in [0.4, 0.5) is 4.39 Å². The van der Waals surface area contributed by atoms with Crippen molar-refractivity contribution in [3.8, 4) is 0 Å². The molecule has 1 aliphatic carbocycles. The van der Waals surface area contributed by atoms with Gasteiger partial charge >= 0.3 is 0 Å². The van der Waals surface area contributed by atoms with Crippen molar-refractivity contribution in [2.24, 2.45) is 5.92 Å². The molecule has 98 valence electrons. The molecule has 3 heteroatoms. The summed E-state index contributed by atoms with van der Waals surface area (Å²) >= 11 is 5.86. The minimum Gasteiger partial charge on any atom is -0.388 e. The molecular formula is C16H14ClFO. The second kappa shape index (κ2) is 4.95. The molecule has 0 heterocycles. The lowest BCUT2D eigenvalue weighted by Crippen LogP contribution is -2.04. The van der Waals surface area contributed by atoms with Gasteiger partial charge in [-0.1, -0.05) is 41.9 Å². The average Bonchev–Trinajstić information content (AvgIpc) is 3.22. The topological polar surface area (TPSA) is 20.2 Å². The Morgan fingerprint density at radius 2 is 1.89 bits per heavy atom. The smallest absolute Gasteiger partial charge is 0.129 e. The molecule has 2 aromatic rings. The van der Waals surface area contributed by atoms with E-state index in [0.717, 1.165) is 6.42 Å². The number of aliphatic hydroxyl groups excluding tert-OH is 1. The third-order valence-electron chi connectivity index (χ3n) is 3.75. The number of hydrogen-bond acceptors (Lipinski definition) is 1. The van der Waals surface area contributed by atoms with Crippen molar-refractivity contribution >= 4 is 11.6 Å². The van der Waals surface area contributed by atoms with Crippen LogP contribution >= 0.6 is 11.6 Å². The molecule has 1 nitrogen and oxygen atoms in total. The molecular weight excluding hydrogens is 263 g/mol. The van der Waals surface area contributed by atoms with E-state index in [1.54, 1.807) is 0 Å². The van der Waals surface area contributed by atoms with E-state index in [1.807, 2.05) is 30.3 Å². The fourth-order valence-electron chi connectivity index (χ4n) is 2.62. The predicted octanol–water partition coefficient (Wildman–Crippen LogP) is 4.32. The number of hydrogen-bond donors (Lipinski definition) is 1. The van der Waals surface area contributed by atoms with Crippen molar-refractivity contribution in [3.05, 3.63) is 70.5 Å². The van der Waals surface area contributed by atoms with E-state index in [2.05, 4.69) is 0 Å². The van der Waals surface area contributed by atoms with Gasteiger partial charge in [0, 0.05) is 10.6 Å². The normalized spacial score (nSPS) is 23.1. The van der Waals surface area contributed by atoms with E-state index in [1.165, 1.54) is 23.8 Å².